The highest BCUT2D eigenvalue weighted by Gasteiger charge is 2.25. The minimum atomic E-state index is 0.0439. The van der Waals surface area contributed by atoms with Crippen molar-refractivity contribution in [1.29, 1.82) is 0 Å². The first-order valence-electron chi connectivity index (χ1n) is 6.29. The quantitative estimate of drug-likeness (QED) is 0.927. The number of carbonyl (C=O) groups excluding carboxylic acids is 1. The van der Waals surface area contributed by atoms with E-state index in [9.17, 15) is 4.79 Å². The van der Waals surface area contributed by atoms with E-state index in [4.69, 9.17) is 0 Å². The highest BCUT2D eigenvalue weighted by atomic mass is 79.9. The average molecular weight is 307 g/mol. The molecule has 4 heteroatoms. The number of carbonyl (C=O) groups is 1. The highest BCUT2D eigenvalue weighted by molar-refractivity contribution is 9.10. The summed E-state index contributed by atoms with van der Waals surface area (Å²) in [6, 6.07) is 8.41. The first-order valence-corrected chi connectivity index (χ1v) is 7.08. The fourth-order valence-electron chi connectivity index (χ4n) is 2.28. The van der Waals surface area contributed by atoms with Crippen molar-refractivity contribution in [2.24, 2.45) is 0 Å². The summed E-state index contributed by atoms with van der Waals surface area (Å²) in [5.74, 6) is 0.0439. The van der Waals surface area contributed by atoms with E-state index in [0.29, 0.717) is 6.04 Å². The molecular formula is C14H15BrN2O. The molecule has 0 saturated heterocycles. The first kappa shape index (κ1) is 11.8. The van der Waals surface area contributed by atoms with E-state index in [0.717, 1.165) is 40.5 Å². The molecule has 2 aromatic rings. The smallest absolute Gasteiger partial charge is 0.268 e. The van der Waals surface area contributed by atoms with Gasteiger partial charge in [0.15, 0.2) is 0 Å². The molecule has 1 aliphatic carbocycles. The normalized spacial score (nSPS) is 15.0. The number of rotatable bonds is 3. The summed E-state index contributed by atoms with van der Waals surface area (Å²) in [5, 5.41) is 4.15. The molecule has 1 aliphatic rings. The lowest BCUT2D eigenvalue weighted by Gasteiger charge is -2.08. The van der Waals surface area contributed by atoms with Crippen molar-refractivity contribution in [3.8, 4) is 0 Å². The van der Waals surface area contributed by atoms with Gasteiger partial charge < -0.3 is 9.88 Å². The lowest BCUT2D eigenvalue weighted by atomic mass is 10.2. The molecule has 1 amide bonds. The molecule has 94 valence electrons. The van der Waals surface area contributed by atoms with Crippen LogP contribution in [0.4, 0.5) is 0 Å². The summed E-state index contributed by atoms with van der Waals surface area (Å²) in [6.07, 6.45) is 2.23. The van der Waals surface area contributed by atoms with E-state index in [-0.39, 0.29) is 5.91 Å². The van der Waals surface area contributed by atoms with Crippen LogP contribution in [0.25, 0.3) is 10.9 Å². The van der Waals surface area contributed by atoms with E-state index >= 15 is 0 Å². The van der Waals surface area contributed by atoms with Crippen LogP contribution in [0.1, 0.15) is 30.3 Å². The predicted octanol–water partition coefficient (Wildman–Crippen LogP) is 3.32. The Balaban J connectivity index is 2.10. The Morgan fingerprint density at radius 2 is 2.28 bits per heavy atom. The molecule has 18 heavy (non-hydrogen) atoms. The molecule has 3 rings (SSSR count). The number of aryl methyl sites for hydroxylation is 1. The number of hydrogen-bond acceptors (Lipinski definition) is 1. The third-order valence-electron chi connectivity index (χ3n) is 3.33. The number of aromatic nitrogens is 1. The van der Waals surface area contributed by atoms with Crippen LogP contribution in [0, 0.1) is 0 Å². The van der Waals surface area contributed by atoms with Gasteiger partial charge in [0.05, 0.1) is 5.52 Å². The lowest BCUT2D eigenvalue weighted by molar-refractivity contribution is 0.0942. The summed E-state index contributed by atoms with van der Waals surface area (Å²) in [6.45, 7) is 2.85. The zero-order valence-corrected chi connectivity index (χ0v) is 11.8. The van der Waals surface area contributed by atoms with Gasteiger partial charge in [-0.1, -0.05) is 12.1 Å². The lowest BCUT2D eigenvalue weighted by Crippen LogP contribution is -2.27. The van der Waals surface area contributed by atoms with Crippen LogP contribution in [0.3, 0.4) is 0 Å². The molecular weight excluding hydrogens is 292 g/mol. The van der Waals surface area contributed by atoms with E-state index in [1.54, 1.807) is 0 Å². The number of halogens is 1. The van der Waals surface area contributed by atoms with Crippen LogP contribution >= 0.6 is 15.9 Å². The maximum absolute atomic E-state index is 12.2. The van der Waals surface area contributed by atoms with Gasteiger partial charge in [0.1, 0.15) is 5.69 Å². The number of amides is 1. The molecule has 1 fully saturated rings. The fraction of sp³-hybridized carbons (Fsp3) is 0.357. The number of hydrogen-bond donors (Lipinski definition) is 1. The molecule has 1 N–H and O–H groups in total. The van der Waals surface area contributed by atoms with E-state index < -0.39 is 0 Å². The molecule has 0 radical (unpaired) electrons. The Hall–Kier alpha value is -1.29. The number of nitrogens with one attached hydrogen (secondary N) is 1. The Morgan fingerprint density at radius 1 is 1.50 bits per heavy atom. The van der Waals surface area contributed by atoms with Crippen molar-refractivity contribution in [2.45, 2.75) is 32.4 Å². The van der Waals surface area contributed by atoms with Crippen LogP contribution in [0.2, 0.25) is 0 Å². The molecule has 1 aromatic carbocycles. The van der Waals surface area contributed by atoms with Gasteiger partial charge in [0, 0.05) is 22.4 Å². The van der Waals surface area contributed by atoms with Gasteiger partial charge in [-0.3, -0.25) is 4.79 Å². The second kappa shape index (κ2) is 4.43. The summed E-state index contributed by atoms with van der Waals surface area (Å²) in [4.78, 5) is 12.2. The van der Waals surface area contributed by atoms with Crippen LogP contribution in [-0.2, 0) is 6.54 Å². The topological polar surface area (TPSA) is 34.0 Å². The molecule has 1 heterocycles. The summed E-state index contributed by atoms with van der Waals surface area (Å²) < 4.78 is 3.10. The molecule has 0 spiro atoms. The second-order valence-electron chi connectivity index (χ2n) is 4.70. The Morgan fingerprint density at radius 3 is 2.94 bits per heavy atom. The van der Waals surface area contributed by atoms with Gasteiger partial charge in [-0.05, 0) is 47.8 Å². The van der Waals surface area contributed by atoms with E-state index in [1.807, 2.05) is 24.3 Å². The molecule has 0 atom stereocenters. The summed E-state index contributed by atoms with van der Waals surface area (Å²) in [7, 11) is 0. The first-order chi connectivity index (χ1) is 8.70. The average Bonchev–Trinajstić information content (AvgIpc) is 3.07. The molecule has 1 aromatic heterocycles. The molecule has 0 unspecified atom stereocenters. The van der Waals surface area contributed by atoms with Crippen LogP contribution in [0.5, 0.6) is 0 Å². The minimum absolute atomic E-state index is 0.0439. The molecule has 0 aliphatic heterocycles. The van der Waals surface area contributed by atoms with Crippen molar-refractivity contribution in [3.05, 3.63) is 34.4 Å². The van der Waals surface area contributed by atoms with Crippen molar-refractivity contribution < 1.29 is 4.79 Å². The van der Waals surface area contributed by atoms with Gasteiger partial charge in [0.2, 0.25) is 0 Å². The zero-order chi connectivity index (χ0) is 12.7. The Kier molecular flexibility index (Phi) is 2.90. The second-order valence-corrected chi connectivity index (χ2v) is 5.55. The van der Waals surface area contributed by atoms with Crippen molar-refractivity contribution in [3.63, 3.8) is 0 Å². The van der Waals surface area contributed by atoms with Crippen molar-refractivity contribution in [2.75, 3.05) is 0 Å². The maximum atomic E-state index is 12.2. The number of benzene rings is 1. The molecule has 3 nitrogen and oxygen atoms in total. The molecule has 1 saturated carbocycles. The van der Waals surface area contributed by atoms with Gasteiger partial charge in [-0.15, -0.1) is 0 Å². The highest BCUT2D eigenvalue weighted by Crippen LogP contribution is 2.28. The third kappa shape index (κ3) is 1.94. The number of fused-ring (bicyclic) bond motifs is 1. The summed E-state index contributed by atoms with van der Waals surface area (Å²) >= 11 is 3.56. The van der Waals surface area contributed by atoms with Gasteiger partial charge in [-0.25, -0.2) is 0 Å². The summed E-state index contributed by atoms with van der Waals surface area (Å²) in [5.41, 5.74) is 1.85. The van der Waals surface area contributed by atoms with Gasteiger partial charge in [-0.2, -0.15) is 0 Å². The fourth-order valence-corrected chi connectivity index (χ4v) is 2.88. The van der Waals surface area contributed by atoms with E-state index in [2.05, 4.69) is 32.7 Å². The van der Waals surface area contributed by atoms with Crippen LogP contribution in [0.15, 0.2) is 28.7 Å². The van der Waals surface area contributed by atoms with E-state index in [1.165, 1.54) is 0 Å². The standard InChI is InChI=1S/C14H15BrN2O/c1-2-17-12(14(18)16-10-6-7-10)8-9-4-3-5-11(15)13(9)17/h3-5,8,10H,2,6-7H2,1H3,(H,16,18). The largest absolute Gasteiger partial charge is 0.348 e. The van der Waals surface area contributed by atoms with Gasteiger partial charge in [0.25, 0.3) is 5.91 Å². The maximum Gasteiger partial charge on any atom is 0.268 e. The Labute approximate surface area is 114 Å². The molecule has 0 bridgehead atoms. The monoisotopic (exact) mass is 306 g/mol. The number of nitrogens with zero attached hydrogens (tertiary/aromatic N) is 1. The predicted molar refractivity (Wildman–Crippen MR) is 75.8 cm³/mol. The van der Waals surface area contributed by atoms with Crippen molar-refractivity contribution in [1.82, 2.24) is 9.88 Å². The van der Waals surface area contributed by atoms with Crippen LogP contribution < -0.4 is 5.32 Å². The SMILES string of the molecule is CCn1c(C(=O)NC2CC2)cc2cccc(Br)c21. The Bertz CT molecular complexity index is 614. The van der Waals surface area contributed by atoms with Crippen LogP contribution in [-0.4, -0.2) is 16.5 Å². The van der Waals surface area contributed by atoms with Crippen molar-refractivity contribution >= 4 is 32.7 Å². The zero-order valence-electron chi connectivity index (χ0n) is 10.2. The number of para-hydroxylation sites is 1. The minimum Gasteiger partial charge on any atom is -0.348 e. The third-order valence-corrected chi connectivity index (χ3v) is 3.97. The van der Waals surface area contributed by atoms with Gasteiger partial charge >= 0.3 is 0 Å².